The Hall–Kier alpha value is -4.26. The fraction of sp³-hybridized carbons (Fsp3) is 0.185. The van der Waals surface area contributed by atoms with E-state index in [0.29, 0.717) is 18.0 Å². The van der Waals surface area contributed by atoms with Gasteiger partial charge in [-0.1, -0.05) is 18.2 Å². The maximum absolute atomic E-state index is 5.60. The van der Waals surface area contributed by atoms with Crippen molar-refractivity contribution in [2.75, 3.05) is 28.4 Å². The van der Waals surface area contributed by atoms with Gasteiger partial charge in [-0.05, 0) is 36.4 Å². The lowest BCUT2D eigenvalue weighted by atomic mass is 10.0. The second kappa shape index (κ2) is 8.94. The van der Waals surface area contributed by atoms with Crippen molar-refractivity contribution in [3.8, 4) is 45.5 Å². The van der Waals surface area contributed by atoms with E-state index < -0.39 is 0 Å². The highest BCUT2D eigenvalue weighted by Crippen LogP contribution is 2.41. The highest BCUT2D eigenvalue weighted by Gasteiger charge is 2.22. The summed E-state index contributed by atoms with van der Waals surface area (Å²) in [6.45, 7) is 0.596. The molecule has 0 fully saturated rings. The molecule has 0 saturated carbocycles. The standard InChI is InChI=1S/C27H25N3O4/c1-31-19-11-9-17(10-12-19)26-21-16-30(15-18-7-5-6-8-23(18)32-2)22-14-25(34-4)24(33-3)13-20(22)27(21)29-28-26/h5-14,16H,15H2,1-4H3. The topological polar surface area (TPSA) is 67.6 Å². The van der Waals surface area contributed by atoms with Gasteiger partial charge in [0, 0.05) is 34.3 Å². The molecule has 0 amide bonds. The van der Waals surface area contributed by atoms with Crippen molar-refractivity contribution in [2.45, 2.75) is 6.54 Å². The second-order valence-corrected chi connectivity index (χ2v) is 7.83. The van der Waals surface area contributed by atoms with Gasteiger partial charge < -0.3 is 23.5 Å². The van der Waals surface area contributed by atoms with Gasteiger partial charge in [0.15, 0.2) is 11.5 Å². The molecule has 0 unspecified atom stereocenters. The third-order valence-electron chi connectivity index (χ3n) is 6.01. The van der Waals surface area contributed by atoms with Crippen molar-refractivity contribution < 1.29 is 18.9 Å². The van der Waals surface area contributed by atoms with E-state index in [4.69, 9.17) is 18.9 Å². The molecule has 0 aliphatic carbocycles. The summed E-state index contributed by atoms with van der Waals surface area (Å²) < 4.78 is 24.3. The average Bonchev–Trinajstić information content (AvgIpc) is 3.32. The molecule has 172 valence electrons. The number of methoxy groups -OCH3 is 4. The van der Waals surface area contributed by atoms with Crippen LogP contribution in [0.5, 0.6) is 23.0 Å². The molecule has 2 heterocycles. The summed E-state index contributed by atoms with van der Waals surface area (Å²) in [6, 6.07) is 19.8. The normalized spacial score (nSPS) is 11.1. The van der Waals surface area contributed by atoms with Crippen LogP contribution in [0.25, 0.3) is 33.4 Å². The summed E-state index contributed by atoms with van der Waals surface area (Å²) in [4.78, 5) is 0. The molecule has 0 bridgehead atoms. The van der Waals surface area contributed by atoms with Gasteiger partial charge in [-0.25, -0.2) is 0 Å². The van der Waals surface area contributed by atoms with Crippen LogP contribution in [0.15, 0.2) is 66.9 Å². The molecule has 0 radical (unpaired) electrons. The number of pyridine rings is 1. The predicted molar refractivity (Wildman–Crippen MR) is 131 cm³/mol. The molecule has 0 N–H and O–H groups in total. The van der Waals surface area contributed by atoms with Crippen LogP contribution >= 0.6 is 0 Å². The second-order valence-electron chi connectivity index (χ2n) is 7.83. The number of hydrogen-bond donors (Lipinski definition) is 0. The third-order valence-corrected chi connectivity index (χ3v) is 6.01. The Kier molecular flexibility index (Phi) is 5.67. The smallest absolute Gasteiger partial charge is 0.162 e. The van der Waals surface area contributed by atoms with Crippen molar-refractivity contribution in [3.63, 3.8) is 0 Å². The van der Waals surface area contributed by atoms with Gasteiger partial charge >= 0.3 is 0 Å². The van der Waals surface area contributed by atoms with Gasteiger partial charge in [0.1, 0.15) is 22.9 Å². The van der Waals surface area contributed by atoms with Crippen LogP contribution in [0.2, 0.25) is 0 Å². The summed E-state index contributed by atoms with van der Waals surface area (Å²) >= 11 is 0. The maximum Gasteiger partial charge on any atom is 0.162 e. The van der Waals surface area contributed by atoms with Crippen molar-refractivity contribution in [1.29, 1.82) is 0 Å². The minimum absolute atomic E-state index is 0.596. The molecule has 2 aliphatic heterocycles. The molecule has 0 saturated heterocycles. The molecule has 7 nitrogen and oxygen atoms in total. The Morgan fingerprint density at radius 1 is 0.706 bits per heavy atom. The van der Waals surface area contributed by atoms with Gasteiger partial charge in [0.2, 0.25) is 0 Å². The number of ether oxygens (including phenoxy) is 4. The first-order valence-electron chi connectivity index (χ1n) is 10.8. The van der Waals surface area contributed by atoms with Gasteiger partial charge in [-0.2, -0.15) is 0 Å². The predicted octanol–water partition coefficient (Wildman–Crippen LogP) is 5.29. The molecular formula is C27H25N3O4. The Morgan fingerprint density at radius 2 is 1.38 bits per heavy atom. The van der Waals surface area contributed by atoms with Crippen molar-refractivity contribution in [3.05, 3.63) is 72.4 Å². The first-order chi connectivity index (χ1) is 16.7. The largest absolute Gasteiger partial charge is 0.497 e. The van der Waals surface area contributed by atoms with E-state index >= 15 is 0 Å². The van der Waals surface area contributed by atoms with Crippen LogP contribution in [0.1, 0.15) is 5.56 Å². The van der Waals surface area contributed by atoms with Crippen LogP contribution in [0, 0.1) is 0 Å². The summed E-state index contributed by atoms with van der Waals surface area (Å²) in [5, 5.41) is 10.0. The fourth-order valence-electron chi connectivity index (χ4n) is 4.27. The molecule has 3 aromatic carbocycles. The number of nitrogens with zero attached hydrogens (tertiary/aromatic N) is 3. The number of fused-ring (bicyclic) bond motifs is 3. The Labute approximate surface area is 197 Å². The van der Waals surface area contributed by atoms with Crippen molar-refractivity contribution in [1.82, 2.24) is 14.8 Å². The van der Waals surface area contributed by atoms with Crippen molar-refractivity contribution >= 4 is 10.9 Å². The summed E-state index contributed by atoms with van der Waals surface area (Å²) in [7, 11) is 6.61. The molecule has 3 aromatic rings. The van der Waals surface area contributed by atoms with Crippen LogP contribution in [-0.4, -0.2) is 43.2 Å². The molecule has 0 spiro atoms. The SMILES string of the molecule is COc1ccc(-c2nnc3c4cc(OC)c(OC)cc4n(Cc4ccccc4OC)cc2-3)cc1. The quantitative estimate of drug-likeness (QED) is 0.332. The van der Waals surface area contributed by atoms with Crippen LogP contribution in [0.4, 0.5) is 0 Å². The number of benzene rings is 3. The van der Waals surface area contributed by atoms with Gasteiger partial charge in [0.25, 0.3) is 0 Å². The van der Waals surface area contributed by atoms with E-state index in [1.165, 1.54) is 0 Å². The van der Waals surface area contributed by atoms with Gasteiger partial charge in [-0.15, -0.1) is 10.2 Å². The van der Waals surface area contributed by atoms with E-state index in [1.54, 1.807) is 28.4 Å². The number of rotatable bonds is 7. The van der Waals surface area contributed by atoms with Crippen molar-refractivity contribution in [2.24, 2.45) is 0 Å². The lowest BCUT2D eigenvalue weighted by molar-refractivity contribution is 0.355. The van der Waals surface area contributed by atoms with Crippen LogP contribution in [0.3, 0.4) is 0 Å². The first-order valence-corrected chi connectivity index (χ1v) is 10.8. The van der Waals surface area contributed by atoms with E-state index in [0.717, 1.165) is 50.5 Å². The summed E-state index contributed by atoms with van der Waals surface area (Å²) in [6.07, 6.45) is 2.09. The maximum atomic E-state index is 5.60. The Morgan fingerprint density at radius 3 is 2.09 bits per heavy atom. The lowest BCUT2D eigenvalue weighted by Crippen LogP contribution is -2.06. The number of aromatic nitrogens is 3. The molecule has 7 heteroatoms. The molecule has 0 aromatic heterocycles. The molecule has 5 rings (SSSR count). The lowest BCUT2D eigenvalue weighted by Gasteiger charge is -2.18. The third kappa shape index (κ3) is 3.65. The van der Waals surface area contributed by atoms with Gasteiger partial charge in [0.05, 0.1) is 40.5 Å². The van der Waals surface area contributed by atoms with E-state index in [9.17, 15) is 0 Å². The van der Waals surface area contributed by atoms with Crippen LogP contribution < -0.4 is 18.9 Å². The van der Waals surface area contributed by atoms with E-state index in [-0.39, 0.29) is 0 Å². The minimum Gasteiger partial charge on any atom is -0.497 e. The molecule has 2 aliphatic rings. The Bertz CT molecular complexity index is 1430. The van der Waals surface area contributed by atoms with Crippen LogP contribution in [-0.2, 0) is 6.54 Å². The fourth-order valence-corrected chi connectivity index (χ4v) is 4.27. The minimum atomic E-state index is 0.596. The summed E-state index contributed by atoms with van der Waals surface area (Å²) in [5.74, 6) is 2.91. The van der Waals surface area contributed by atoms with Gasteiger partial charge in [-0.3, -0.25) is 0 Å². The highest BCUT2D eigenvalue weighted by atomic mass is 16.5. The molecular weight excluding hydrogens is 430 g/mol. The zero-order valence-corrected chi connectivity index (χ0v) is 19.5. The summed E-state index contributed by atoms with van der Waals surface area (Å²) in [5.41, 5.74) is 5.54. The average molecular weight is 456 g/mol. The molecule has 0 atom stereocenters. The zero-order valence-electron chi connectivity index (χ0n) is 19.5. The first kappa shape index (κ1) is 21.6. The monoisotopic (exact) mass is 455 g/mol. The molecule has 34 heavy (non-hydrogen) atoms. The Balaban J connectivity index is 1.76. The number of para-hydroxylation sites is 1. The van der Waals surface area contributed by atoms with E-state index in [2.05, 4.69) is 27.0 Å². The van der Waals surface area contributed by atoms with E-state index in [1.807, 2.05) is 54.6 Å². The zero-order chi connectivity index (χ0) is 23.7. The highest BCUT2D eigenvalue weighted by molar-refractivity contribution is 5.99. The number of hydrogen-bond acceptors (Lipinski definition) is 6.